The molecule has 1 fully saturated rings. The fourth-order valence-electron chi connectivity index (χ4n) is 2.85. The number of carbonyl (C=O) groups excluding carboxylic acids is 1. The van der Waals surface area contributed by atoms with Crippen LogP contribution in [0.15, 0.2) is 24.3 Å². The smallest absolute Gasteiger partial charge is 0.222 e. The van der Waals surface area contributed by atoms with Gasteiger partial charge >= 0.3 is 0 Å². The SMILES string of the molecule is CCCC(=O)N1CCC(C)C(c2ccccc2Cl)C1. The largest absolute Gasteiger partial charge is 0.342 e. The van der Waals surface area contributed by atoms with Crippen LogP contribution in [-0.2, 0) is 4.79 Å². The van der Waals surface area contributed by atoms with Gasteiger partial charge in [0.25, 0.3) is 0 Å². The van der Waals surface area contributed by atoms with Gasteiger partial charge in [-0.05, 0) is 30.4 Å². The first-order valence-corrected chi connectivity index (χ1v) is 7.53. The molecular formula is C16H22ClNO. The van der Waals surface area contributed by atoms with Crippen LogP contribution >= 0.6 is 11.6 Å². The summed E-state index contributed by atoms with van der Waals surface area (Å²) in [6, 6.07) is 8.02. The summed E-state index contributed by atoms with van der Waals surface area (Å²) in [4.78, 5) is 14.1. The summed E-state index contributed by atoms with van der Waals surface area (Å²) in [5.41, 5.74) is 1.19. The van der Waals surface area contributed by atoms with E-state index in [4.69, 9.17) is 11.6 Å². The first-order chi connectivity index (χ1) is 9.13. The Bertz CT molecular complexity index is 446. The van der Waals surface area contributed by atoms with Crippen molar-refractivity contribution in [3.8, 4) is 0 Å². The maximum atomic E-state index is 12.1. The van der Waals surface area contributed by atoms with E-state index in [-0.39, 0.29) is 5.91 Å². The molecule has 0 saturated carbocycles. The van der Waals surface area contributed by atoms with Gasteiger partial charge in [-0.3, -0.25) is 4.79 Å². The topological polar surface area (TPSA) is 20.3 Å². The van der Waals surface area contributed by atoms with Crippen LogP contribution in [0.1, 0.15) is 44.6 Å². The van der Waals surface area contributed by atoms with Crippen LogP contribution in [0, 0.1) is 5.92 Å². The van der Waals surface area contributed by atoms with Gasteiger partial charge in [0.15, 0.2) is 0 Å². The second-order valence-corrected chi connectivity index (χ2v) is 5.89. The molecule has 1 aliphatic heterocycles. The minimum absolute atomic E-state index is 0.284. The normalized spacial score (nSPS) is 23.4. The third-order valence-electron chi connectivity index (χ3n) is 4.08. The van der Waals surface area contributed by atoms with Crippen LogP contribution in [0.25, 0.3) is 0 Å². The van der Waals surface area contributed by atoms with Crippen molar-refractivity contribution in [2.45, 2.75) is 39.0 Å². The molecule has 2 atom stereocenters. The lowest BCUT2D eigenvalue weighted by atomic mass is 9.82. The lowest BCUT2D eigenvalue weighted by Crippen LogP contribution is -2.42. The molecule has 1 aromatic carbocycles. The first-order valence-electron chi connectivity index (χ1n) is 7.15. The molecule has 1 heterocycles. The Labute approximate surface area is 120 Å². The minimum Gasteiger partial charge on any atom is -0.342 e. The van der Waals surface area contributed by atoms with Gasteiger partial charge in [-0.2, -0.15) is 0 Å². The van der Waals surface area contributed by atoms with E-state index in [0.717, 1.165) is 31.0 Å². The van der Waals surface area contributed by atoms with Gasteiger partial charge in [0.1, 0.15) is 0 Å². The molecule has 1 aromatic rings. The molecule has 1 saturated heterocycles. The van der Waals surface area contributed by atoms with Gasteiger partial charge in [-0.1, -0.05) is 43.6 Å². The van der Waals surface area contributed by atoms with E-state index < -0.39 is 0 Å². The zero-order valence-corrected chi connectivity index (χ0v) is 12.5. The number of nitrogens with zero attached hydrogens (tertiary/aromatic N) is 1. The molecule has 0 aliphatic carbocycles. The minimum atomic E-state index is 0.284. The van der Waals surface area contributed by atoms with E-state index in [2.05, 4.69) is 19.9 Å². The number of likely N-dealkylation sites (tertiary alicyclic amines) is 1. The number of halogens is 1. The van der Waals surface area contributed by atoms with Crippen LogP contribution in [0.4, 0.5) is 0 Å². The van der Waals surface area contributed by atoms with Crippen LogP contribution in [0.3, 0.4) is 0 Å². The van der Waals surface area contributed by atoms with E-state index in [1.54, 1.807) is 0 Å². The summed E-state index contributed by atoms with van der Waals surface area (Å²) in [5, 5.41) is 0.823. The molecule has 0 N–H and O–H groups in total. The Hall–Kier alpha value is -1.02. The molecule has 2 rings (SSSR count). The molecule has 1 aliphatic rings. The molecule has 2 unspecified atom stereocenters. The highest BCUT2D eigenvalue weighted by atomic mass is 35.5. The summed E-state index contributed by atoms with van der Waals surface area (Å²) < 4.78 is 0. The van der Waals surface area contributed by atoms with Crippen molar-refractivity contribution in [2.24, 2.45) is 5.92 Å². The van der Waals surface area contributed by atoms with Gasteiger partial charge in [0.05, 0.1) is 0 Å². The Morgan fingerprint density at radius 3 is 2.84 bits per heavy atom. The van der Waals surface area contributed by atoms with Gasteiger partial charge in [0.2, 0.25) is 5.91 Å². The third-order valence-corrected chi connectivity index (χ3v) is 4.42. The lowest BCUT2D eigenvalue weighted by molar-refractivity contribution is -0.132. The van der Waals surface area contributed by atoms with Crippen molar-refractivity contribution < 1.29 is 4.79 Å². The van der Waals surface area contributed by atoms with Crippen molar-refractivity contribution in [1.82, 2.24) is 4.90 Å². The third kappa shape index (κ3) is 3.30. The van der Waals surface area contributed by atoms with E-state index >= 15 is 0 Å². The van der Waals surface area contributed by atoms with Crippen LogP contribution in [-0.4, -0.2) is 23.9 Å². The Morgan fingerprint density at radius 2 is 2.16 bits per heavy atom. The standard InChI is InChI=1S/C16H22ClNO/c1-3-6-16(19)18-10-9-12(2)14(11-18)13-7-4-5-8-15(13)17/h4-5,7-8,12,14H,3,6,9-11H2,1-2H3. The number of rotatable bonds is 3. The summed E-state index contributed by atoms with van der Waals surface area (Å²) in [5.74, 6) is 1.22. The Balaban J connectivity index is 2.15. The zero-order chi connectivity index (χ0) is 13.8. The number of piperidine rings is 1. The Morgan fingerprint density at radius 1 is 1.42 bits per heavy atom. The number of amides is 1. The fraction of sp³-hybridized carbons (Fsp3) is 0.562. The van der Waals surface area contributed by atoms with Crippen molar-refractivity contribution >= 4 is 17.5 Å². The maximum absolute atomic E-state index is 12.1. The van der Waals surface area contributed by atoms with Gasteiger partial charge in [0, 0.05) is 30.5 Å². The van der Waals surface area contributed by atoms with E-state index in [9.17, 15) is 4.79 Å². The predicted octanol–water partition coefficient (Wildman–Crippen LogP) is 4.09. The number of benzene rings is 1. The first kappa shape index (κ1) is 14.4. The van der Waals surface area contributed by atoms with E-state index in [0.29, 0.717) is 18.3 Å². The molecule has 3 heteroatoms. The van der Waals surface area contributed by atoms with Crippen molar-refractivity contribution in [3.63, 3.8) is 0 Å². The van der Waals surface area contributed by atoms with Gasteiger partial charge in [-0.15, -0.1) is 0 Å². The quantitative estimate of drug-likeness (QED) is 0.816. The average molecular weight is 280 g/mol. The highest BCUT2D eigenvalue weighted by Gasteiger charge is 2.30. The number of carbonyl (C=O) groups is 1. The molecule has 2 nitrogen and oxygen atoms in total. The predicted molar refractivity (Wildman–Crippen MR) is 79.5 cm³/mol. The summed E-state index contributed by atoms with van der Waals surface area (Å²) in [7, 11) is 0. The Kier molecular flexibility index (Phi) is 4.87. The van der Waals surface area contributed by atoms with Crippen LogP contribution in [0.2, 0.25) is 5.02 Å². The second kappa shape index (κ2) is 6.42. The molecule has 19 heavy (non-hydrogen) atoms. The van der Waals surface area contributed by atoms with Crippen molar-refractivity contribution in [2.75, 3.05) is 13.1 Å². The summed E-state index contributed by atoms with van der Waals surface area (Å²) in [6.45, 7) is 6.01. The van der Waals surface area contributed by atoms with E-state index in [1.165, 1.54) is 5.56 Å². The van der Waals surface area contributed by atoms with E-state index in [1.807, 2.05) is 23.1 Å². The molecule has 0 radical (unpaired) electrons. The van der Waals surface area contributed by atoms with Crippen molar-refractivity contribution in [1.29, 1.82) is 0 Å². The van der Waals surface area contributed by atoms with Crippen LogP contribution in [0.5, 0.6) is 0 Å². The zero-order valence-electron chi connectivity index (χ0n) is 11.7. The molecule has 104 valence electrons. The second-order valence-electron chi connectivity index (χ2n) is 5.48. The molecule has 0 bridgehead atoms. The summed E-state index contributed by atoms with van der Waals surface area (Å²) in [6.07, 6.45) is 2.64. The highest BCUT2D eigenvalue weighted by molar-refractivity contribution is 6.31. The highest BCUT2D eigenvalue weighted by Crippen LogP contribution is 2.35. The maximum Gasteiger partial charge on any atom is 0.222 e. The van der Waals surface area contributed by atoms with Gasteiger partial charge < -0.3 is 4.90 Å². The number of hydrogen-bond acceptors (Lipinski definition) is 1. The summed E-state index contributed by atoms with van der Waals surface area (Å²) >= 11 is 6.31. The molecule has 0 spiro atoms. The van der Waals surface area contributed by atoms with Crippen molar-refractivity contribution in [3.05, 3.63) is 34.9 Å². The van der Waals surface area contributed by atoms with Crippen LogP contribution < -0.4 is 0 Å². The van der Waals surface area contributed by atoms with Gasteiger partial charge in [-0.25, -0.2) is 0 Å². The average Bonchev–Trinajstić information content (AvgIpc) is 2.40. The lowest BCUT2D eigenvalue weighted by Gasteiger charge is -2.37. The monoisotopic (exact) mass is 279 g/mol. The molecule has 0 aromatic heterocycles. The fourth-order valence-corrected chi connectivity index (χ4v) is 3.12. The molecular weight excluding hydrogens is 258 g/mol. The molecule has 1 amide bonds. The number of hydrogen-bond donors (Lipinski definition) is 0.